The summed E-state index contributed by atoms with van der Waals surface area (Å²) in [6.07, 6.45) is 1.68. The van der Waals surface area contributed by atoms with Crippen LogP contribution in [0.2, 0.25) is 0 Å². The van der Waals surface area contributed by atoms with Gasteiger partial charge >= 0.3 is 0 Å². The highest BCUT2D eigenvalue weighted by Gasteiger charge is 2.34. The molecule has 2 aromatic heterocycles. The zero-order valence-electron chi connectivity index (χ0n) is 13.9. The van der Waals surface area contributed by atoms with E-state index in [-0.39, 0.29) is 12.0 Å². The van der Waals surface area contributed by atoms with Crippen molar-refractivity contribution in [3.63, 3.8) is 0 Å². The van der Waals surface area contributed by atoms with E-state index in [0.29, 0.717) is 24.7 Å². The quantitative estimate of drug-likeness (QED) is 0.735. The second-order valence-corrected chi connectivity index (χ2v) is 6.02. The standard InChI is InChI=1S/C19H18N4O2/c1-22-17(11-16(21-22)14-7-3-2-4-8-14)19(24)23-12-15(13-23)25-18-9-5-6-10-20-18/h2-11,15H,12-13H2,1H3. The largest absolute Gasteiger partial charge is 0.471 e. The molecule has 1 aliphatic heterocycles. The van der Waals surface area contributed by atoms with Gasteiger partial charge in [0.25, 0.3) is 5.91 Å². The lowest BCUT2D eigenvalue weighted by Gasteiger charge is -2.38. The molecule has 1 aliphatic rings. The summed E-state index contributed by atoms with van der Waals surface area (Å²) in [5.74, 6) is 0.560. The van der Waals surface area contributed by atoms with Crippen LogP contribution in [0.1, 0.15) is 10.5 Å². The zero-order valence-corrected chi connectivity index (χ0v) is 13.9. The third-order valence-corrected chi connectivity index (χ3v) is 4.23. The second kappa shape index (κ2) is 6.39. The molecule has 1 saturated heterocycles. The van der Waals surface area contributed by atoms with E-state index in [1.807, 2.05) is 54.6 Å². The maximum absolute atomic E-state index is 12.7. The highest BCUT2D eigenvalue weighted by molar-refractivity contribution is 5.94. The highest BCUT2D eigenvalue weighted by atomic mass is 16.5. The number of hydrogen-bond acceptors (Lipinski definition) is 4. The van der Waals surface area contributed by atoms with Crippen LogP contribution >= 0.6 is 0 Å². The number of aromatic nitrogens is 3. The Hall–Kier alpha value is -3.15. The van der Waals surface area contributed by atoms with Crippen LogP contribution in [-0.4, -0.2) is 44.8 Å². The molecular formula is C19H18N4O2. The average Bonchev–Trinajstić information content (AvgIpc) is 3.01. The molecule has 0 bridgehead atoms. The number of rotatable bonds is 4. The molecule has 0 aliphatic carbocycles. The number of hydrogen-bond donors (Lipinski definition) is 0. The van der Waals surface area contributed by atoms with E-state index in [2.05, 4.69) is 10.1 Å². The minimum Gasteiger partial charge on any atom is -0.471 e. The summed E-state index contributed by atoms with van der Waals surface area (Å²) < 4.78 is 7.38. The van der Waals surface area contributed by atoms with Gasteiger partial charge in [-0.15, -0.1) is 0 Å². The van der Waals surface area contributed by atoms with Crippen molar-refractivity contribution in [3.05, 3.63) is 66.5 Å². The number of amides is 1. The van der Waals surface area contributed by atoms with Gasteiger partial charge in [-0.05, 0) is 12.1 Å². The Kier molecular flexibility index (Phi) is 3.93. The summed E-state index contributed by atoms with van der Waals surface area (Å²) in [5.41, 5.74) is 2.38. The van der Waals surface area contributed by atoms with Gasteiger partial charge in [0.05, 0.1) is 18.8 Å². The Morgan fingerprint density at radius 3 is 2.60 bits per heavy atom. The normalized spacial score (nSPS) is 14.2. The molecule has 6 nitrogen and oxygen atoms in total. The predicted octanol–water partition coefficient (Wildman–Crippen LogP) is 2.39. The van der Waals surface area contributed by atoms with Crippen LogP contribution in [0.25, 0.3) is 11.3 Å². The van der Waals surface area contributed by atoms with E-state index in [1.54, 1.807) is 22.8 Å². The van der Waals surface area contributed by atoms with Gasteiger partial charge in [0.15, 0.2) is 0 Å². The van der Waals surface area contributed by atoms with Gasteiger partial charge in [0.1, 0.15) is 11.8 Å². The number of likely N-dealkylation sites (tertiary alicyclic amines) is 1. The summed E-state index contributed by atoms with van der Waals surface area (Å²) in [7, 11) is 1.79. The zero-order chi connectivity index (χ0) is 17.2. The van der Waals surface area contributed by atoms with Gasteiger partial charge in [-0.2, -0.15) is 5.10 Å². The van der Waals surface area contributed by atoms with Crippen molar-refractivity contribution >= 4 is 5.91 Å². The van der Waals surface area contributed by atoms with Crippen LogP contribution in [0.3, 0.4) is 0 Å². The van der Waals surface area contributed by atoms with E-state index >= 15 is 0 Å². The molecule has 6 heteroatoms. The van der Waals surface area contributed by atoms with E-state index in [1.165, 1.54) is 0 Å². The van der Waals surface area contributed by atoms with Gasteiger partial charge in [0, 0.05) is 24.9 Å². The first-order valence-corrected chi connectivity index (χ1v) is 8.17. The fraction of sp³-hybridized carbons (Fsp3) is 0.211. The Morgan fingerprint density at radius 1 is 1.12 bits per heavy atom. The Balaban J connectivity index is 1.42. The Morgan fingerprint density at radius 2 is 1.88 bits per heavy atom. The van der Waals surface area contributed by atoms with Crippen molar-refractivity contribution in [2.24, 2.45) is 7.05 Å². The van der Waals surface area contributed by atoms with E-state index in [4.69, 9.17) is 4.74 Å². The third-order valence-electron chi connectivity index (χ3n) is 4.23. The van der Waals surface area contributed by atoms with Gasteiger partial charge in [-0.3, -0.25) is 9.48 Å². The van der Waals surface area contributed by atoms with E-state index in [0.717, 1.165) is 11.3 Å². The van der Waals surface area contributed by atoms with Gasteiger partial charge in [-0.25, -0.2) is 4.98 Å². The van der Waals surface area contributed by atoms with E-state index < -0.39 is 0 Å². The van der Waals surface area contributed by atoms with Crippen LogP contribution in [0.4, 0.5) is 0 Å². The molecule has 0 spiro atoms. The molecule has 1 fully saturated rings. The summed E-state index contributed by atoms with van der Waals surface area (Å²) in [5, 5.41) is 4.46. The SMILES string of the molecule is Cn1nc(-c2ccccc2)cc1C(=O)N1CC(Oc2ccccn2)C1. The number of carbonyl (C=O) groups is 1. The fourth-order valence-electron chi connectivity index (χ4n) is 2.85. The van der Waals surface area contributed by atoms with Crippen molar-refractivity contribution in [2.45, 2.75) is 6.10 Å². The molecule has 0 atom stereocenters. The van der Waals surface area contributed by atoms with Crippen LogP contribution in [0.5, 0.6) is 5.88 Å². The van der Waals surface area contributed by atoms with Crippen molar-refractivity contribution in [3.8, 4) is 17.1 Å². The second-order valence-electron chi connectivity index (χ2n) is 6.02. The maximum Gasteiger partial charge on any atom is 0.272 e. The molecule has 0 unspecified atom stereocenters. The molecule has 4 rings (SSSR count). The number of pyridine rings is 1. The topological polar surface area (TPSA) is 60.2 Å². The van der Waals surface area contributed by atoms with Crippen LogP contribution in [0, 0.1) is 0 Å². The Bertz CT molecular complexity index is 871. The van der Waals surface area contributed by atoms with Crippen LogP contribution in [0.15, 0.2) is 60.8 Å². The minimum absolute atomic E-state index is 0.0133. The molecule has 25 heavy (non-hydrogen) atoms. The van der Waals surface area contributed by atoms with Gasteiger partial charge in [0.2, 0.25) is 5.88 Å². The van der Waals surface area contributed by atoms with Crippen molar-refractivity contribution in [2.75, 3.05) is 13.1 Å². The molecule has 126 valence electrons. The molecule has 3 aromatic rings. The monoisotopic (exact) mass is 334 g/mol. The molecule has 1 amide bonds. The van der Waals surface area contributed by atoms with Gasteiger partial charge < -0.3 is 9.64 Å². The summed E-state index contributed by atoms with van der Waals surface area (Å²) in [4.78, 5) is 18.6. The lowest BCUT2D eigenvalue weighted by Crippen LogP contribution is -2.56. The van der Waals surface area contributed by atoms with Crippen LogP contribution in [-0.2, 0) is 7.05 Å². The summed E-state index contributed by atoms with van der Waals surface area (Å²) >= 11 is 0. The molecule has 0 saturated carbocycles. The van der Waals surface area contributed by atoms with Gasteiger partial charge in [-0.1, -0.05) is 36.4 Å². The minimum atomic E-state index is -0.0296. The van der Waals surface area contributed by atoms with Crippen molar-refractivity contribution in [1.82, 2.24) is 19.7 Å². The predicted molar refractivity (Wildman–Crippen MR) is 93.2 cm³/mol. The van der Waals surface area contributed by atoms with E-state index in [9.17, 15) is 4.79 Å². The number of nitrogens with zero attached hydrogens (tertiary/aromatic N) is 4. The first-order valence-electron chi connectivity index (χ1n) is 8.17. The van der Waals surface area contributed by atoms with Crippen molar-refractivity contribution in [1.29, 1.82) is 0 Å². The third kappa shape index (κ3) is 3.10. The average molecular weight is 334 g/mol. The lowest BCUT2D eigenvalue weighted by atomic mass is 10.1. The summed E-state index contributed by atoms with van der Waals surface area (Å²) in [6.45, 7) is 1.11. The number of carbonyl (C=O) groups excluding carboxylic acids is 1. The molecule has 0 radical (unpaired) electrons. The number of benzene rings is 1. The molecular weight excluding hydrogens is 316 g/mol. The smallest absolute Gasteiger partial charge is 0.272 e. The maximum atomic E-state index is 12.7. The first-order chi connectivity index (χ1) is 12.2. The van der Waals surface area contributed by atoms with Crippen molar-refractivity contribution < 1.29 is 9.53 Å². The number of ether oxygens (including phenoxy) is 1. The molecule has 3 heterocycles. The first kappa shape index (κ1) is 15.4. The lowest BCUT2D eigenvalue weighted by molar-refractivity contribution is 0.0152. The molecule has 0 N–H and O–H groups in total. The fourth-order valence-corrected chi connectivity index (χ4v) is 2.85. The molecule has 1 aromatic carbocycles. The summed E-state index contributed by atoms with van der Waals surface area (Å²) in [6, 6.07) is 17.2. The highest BCUT2D eigenvalue weighted by Crippen LogP contribution is 2.22. The Labute approximate surface area is 145 Å². The van der Waals surface area contributed by atoms with Crippen LogP contribution < -0.4 is 4.74 Å². The number of aryl methyl sites for hydroxylation is 1.